The Labute approximate surface area is 127 Å². The lowest BCUT2D eigenvalue weighted by molar-refractivity contribution is -0.122. The largest absolute Gasteiger partial charge is 0.292 e. The number of benzene rings is 1. The van der Waals surface area contributed by atoms with E-state index in [4.69, 9.17) is 23.2 Å². The zero-order valence-electron chi connectivity index (χ0n) is 10.8. The van der Waals surface area contributed by atoms with Crippen LogP contribution in [-0.4, -0.2) is 35.8 Å². The van der Waals surface area contributed by atoms with E-state index in [0.717, 1.165) is 25.9 Å². The summed E-state index contributed by atoms with van der Waals surface area (Å²) < 4.78 is 0. The fourth-order valence-electron chi connectivity index (χ4n) is 2.85. The van der Waals surface area contributed by atoms with E-state index in [1.807, 2.05) is 0 Å². The molecular formula is C14H14Cl2N2O2. The van der Waals surface area contributed by atoms with Gasteiger partial charge in [-0.15, -0.1) is 0 Å². The van der Waals surface area contributed by atoms with Gasteiger partial charge in [0.1, 0.15) is 0 Å². The molecule has 20 heavy (non-hydrogen) atoms. The molecule has 2 aliphatic heterocycles. The summed E-state index contributed by atoms with van der Waals surface area (Å²) in [7, 11) is 0. The minimum Gasteiger partial charge on any atom is -0.292 e. The molecule has 2 fully saturated rings. The van der Waals surface area contributed by atoms with Gasteiger partial charge in [0.05, 0.1) is 28.2 Å². The van der Waals surface area contributed by atoms with Crippen molar-refractivity contribution in [1.82, 2.24) is 4.90 Å². The molecular weight excluding hydrogens is 299 g/mol. The minimum absolute atomic E-state index is 0.157. The number of rotatable bonds is 2. The second-order valence-electron chi connectivity index (χ2n) is 5.13. The number of amides is 2. The van der Waals surface area contributed by atoms with Gasteiger partial charge in [-0.05, 0) is 44.1 Å². The number of likely N-dealkylation sites (tertiary alicyclic amines) is 1. The molecule has 2 heterocycles. The average molecular weight is 313 g/mol. The number of carbonyl (C=O) groups is 2. The van der Waals surface area contributed by atoms with E-state index >= 15 is 0 Å². The predicted octanol–water partition coefficient (Wildman–Crippen LogP) is 2.72. The molecule has 1 aromatic carbocycles. The van der Waals surface area contributed by atoms with Crippen molar-refractivity contribution < 1.29 is 9.59 Å². The number of nitrogens with zero attached hydrogens (tertiary/aromatic N) is 2. The maximum Gasteiger partial charge on any atom is 0.251 e. The monoisotopic (exact) mass is 312 g/mol. The molecule has 1 aromatic rings. The van der Waals surface area contributed by atoms with Crippen molar-refractivity contribution in [2.45, 2.75) is 25.3 Å². The van der Waals surface area contributed by atoms with Crippen molar-refractivity contribution in [3.63, 3.8) is 0 Å². The van der Waals surface area contributed by atoms with Gasteiger partial charge in [0.2, 0.25) is 5.91 Å². The smallest absolute Gasteiger partial charge is 0.251 e. The standard InChI is InChI=1S/C14H14Cl2N2O2/c15-10-4-3-9(7-11(10)16)18-13(19)8-12(14(18)20)17-5-1-2-6-17/h3-4,7,12H,1-2,5-6,8H2/t12-/m1/s1. The van der Waals surface area contributed by atoms with Crippen LogP contribution in [0.1, 0.15) is 19.3 Å². The van der Waals surface area contributed by atoms with Crippen LogP contribution in [0.4, 0.5) is 5.69 Å². The molecule has 2 saturated heterocycles. The summed E-state index contributed by atoms with van der Waals surface area (Å²) in [6.45, 7) is 1.78. The van der Waals surface area contributed by atoms with Crippen LogP contribution in [0.2, 0.25) is 10.0 Å². The third kappa shape index (κ3) is 2.32. The second kappa shape index (κ2) is 5.35. The Morgan fingerprint density at radius 2 is 1.75 bits per heavy atom. The lowest BCUT2D eigenvalue weighted by Gasteiger charge is -2.21. The van der Waals surface area contributed by atoms with E-state index in [9.17, 15) is 9.59 Å². The molecule has 3 rings (SSSR count). The first kappa shape index (κ1) is 13.9. The lowest BCUT2D eigenvalue weighted by Crippen LogP contribution is -2.40. The zero-order valence-corrected chi connectivity index (χ0v) is 12.3. The fraction of sp³-hybridized carbons (Fsp3) is 0.429. The van der Waals surface area contributed by atoms with Gasteiger partial charge in [-0.25, -0.2) is 4.90 Å². The molecule has 0 spiro atoms. The average Bonchev–Trinajstić information content (AvgIpc) is 3.02. The fourth-order valence-corrected chi connectivity index (χ4v) is 3.14. The van der Waals surface area contributed by atoms with Gasteiger partial charge in [0.25, 0.3) is 5.91 Å². The van der Waals surface area contributed by atoms with Crippen molar-refractivity contribution in [1.29, 1.82) is 0 Å². The topological polar surface area (TPSA) is 40.6 Å². The molecule has 4 nitrogen and oxygen atoms in total. The van der Waals surface area contributed by atoms with E-state index < -0.39 is 0 Å². The van der Waals surface area contributed by atoms with Crippen LogP contribution in [0.25, 0.3) is 0 Å². The first-order chi connectivity index (χ1) is 9.58. The number of imide groups is 1. The Hall–Kier alpha value is -1.10. The van der Waals surface area contributed by atoms with Crippen molar-refractivity contribution in [3.8, 4) is 0 Å². The minimum atomic E-state index is -0.320. The summed E-state index contributed by atoms with van der Waals surface area (Å²) in [6, 6.07) is 4.49. The van der Waals surface area contributed by atoms with Gasteiger partial charge in [-0.2, -0.15) is 0 Å². The molecule has 2 amide bonds. The van der Waals surface area contributed by atoms with Crippen LogP contribution in [0, 0.1) is 0 Å². The molecule has 0 saturated carbocycles. The summed E-state index contributed by atoms with van der Waals surface area (Å²) in [5, 5.41) is 0.750. The van der Waals surface area contributed by atoms with Crippen LogP contribution in [0.3, 0.4) is 0 Å². The van der Waals surface area contributed by atoms with Crippen LogP contribution in [0.15, 0.2) is 18.2 Å². The Morgan fingerprint density at radius 1 is 1.05 bits per heavy atom. The highest BCUT2D eigenvalue weighted by molar-refractivity contribution is 6.42. The molecule has 2 aliphatic rings. The van der Waals surface area contributed by atoms with E-state index in [0.29, 0.717) is 15.7 Å². The highest BCUT2D eigenvalue weighted by Gasteiger charge is 2.43. The predicted molar refractivity (Wildman–Crippen MR) is 78.2 cm³/mol. The van der Waals surface area contributed by atoms with Crippen LogP contribution < -0.4 is 4.90 Å². The molecule has 0 radical (unpaired) electrons. The highest BCUT2D eigenvalue weighted by atomic mass is 35.5. The molecule has 0 N–H and O–H groups in total. The van der Waals surface area contributed by atoms with E-state index in [1.54, 1.807) is 18.2 Å². The molecule has 0 bridgehead atoms. The molecule has 1 atom stereocenters. The van der Waals surface area contributed by atoms with Gasteiger partial charge in [-0.3, -0.25) is 14.5 Å². The molecule has 0 aliphatic carbocycles. The van der Waals surface area contributed by atoms with E-state index in [1.165, 1.54) is 4.90 Å². The highest BCUT2D eigenvalue weighted by Crippen LogP contribution is 2.31. The van der Waals surface area contributed by atoms with Crippen LogP contribution >= 0.6 is 23.2 Å². The van der Waals surface area contributed by atoms with Gasteiger partial charge in [-0.1, -0.05) is 23.2 Å². The van der Waals surface area contributed by atoms with Gasteiger partial charge in [0.15, 0.2) is 0 Å². The number of anilines is 1. The Bertz CT molecular complexity index is 570. The molecule has 6 heteroatoms. The van der Waals surface area contributed by atoms with Crippen molar-refractivity contribution in [2.24, 2.45) is 0 Å². The summed E-state index contributed by atoms with van der Waals surface area (Å²) in [6.07, 6.45) is 2.43. The quantitative estimate of drug-likeness (QED) is 0.788. The maximum absolute atomic E-state index is 12.5. The molecule has 0 unspecified atom stereocenters. The summed E-state index contributed by atoms with van der Waals surface area (Å²) in [4.78, 5) is 28.0. The van der Waals surface area contributed by atoms with Crippen LogP contribution in [-0.2, 0) is 9.59 Å². The third-order valence-electron chi connectivity index (χ3n) is 3.87. The number of hydrogen-bond acceptors (Lipinski definition) is 3. The first-order valence-electron chi connectivity index (χ1n) is 6.64. The normalized spacial score (nSPS) is 23.9. The van der Waals surface area contributed by atoms with Gasteiger partial charge >= 0.3 is 0 Å². The first-order valence-corrected chi connectivity index (χ1v) is 7.39. The number of carbonyl (C=O) groups excluding carboxylic acids is 2. The van der Waals surface area contributed by atoms with E-state index in [-0.39, 0.29) is 24.3 Å². The van der Waals surface area contributed by atoms with Crippen molar-refractivity contribution in [3.05, 3.63) is 28.2 Å². The lowest BCUT2D eigenvalue weighted by atomic mass is 10.2. The zero-order chi connectivity index (χ0) is 14.3. The van der Waals surface area contributed by atoms with Crippen LogP contribution in [0.5, 0.6) is 0 Å². The van der Waals surface area contributed by atoms with Crippen molar-refractivity contribution >= 4 is 40.7 Å². The Morgan fingerprint density at radius 3 is 2.40 bits per heavy atom. The third-order valence-corrected chi connectivity index (χ3v) is 4.60. The molecule has 0 aromatic heterocycles. The maximum atomic E-state index is 12.5. The van der Waals surface area contributed by atoms with E-state index in [2.05, 4.69) is 4.90 Å². The Balaban J connectivity index is 1.87. The summed E-state index contributed by atoms with van der Waals surface area (Å²) >= 11 is 11.8. The molecule has 106 valence electrons. The van der Waals surface area contributed by atoms with Gasteiger partial charge in [0, 0.05) is 0 Å². The number of halogens is 2. The SMILES string of the molecule is O=C1C[C@@H](N2CCCC2)C(=O)N1c1ccc(Cl)c(Cl)c1. The van der Waals surface area contributed by atoms with Crippen molar-refractivity contribution in [2.75, 3.05) is 18.0 Å². The Kier molecular flexibility index (Phi) is 3.71. The summed E-state index contributed by atoms with van der Waals surface area (Å²) in [5.74, 6) is -0.333. The number of hydrogen-bond donors (Lipinski definition) is 0. The van der Waals surface area contributed by atoms with Gasteiger partial charge < -0.3 is 0 Å². The summed E-state index contributed by atoms with van der Waals surface area (Å²) in [5.41, 5.74) is 0.496. The second-order valence-corrected chi connectivity index (χ2v) is 5.94.